The normalized spacial score (nSPS) is 10.7. The van der Waals surface area contributed by atoms with Gasteiger partial charge in [-0.3, -0.25) is 0 Å². The highest BCUT2D eigenvalue weighted by molar-refractivity contribution is 7.14. The van der Waals surface area contributed by atoms with Crippen LogP contribution in [-0.4, -0.2) is 23.9 Å². The van der Waals surface area contributed by atoms with Crippen LogP contribution >= 0.6 is 11.3 Å². The summed E-state index contributed by atoms with van der Waals surface area (Å²) < 4.78 is 19.1. The van der Waals surface area contributed by atoms with Crippen LogP contribution in [0.4, 0.5) is 4.39 Å². The number of halogens is 1. The minimum absolute atomic E-state index is 0.344. The largest absolute Gasteiger partial charge is 0.496 e. The van der Waals surface area contributed by atoms with Gasteiger partial charge in [-0.2, -0.15) is 0 Å². The molecule has 0 saturated heterocycles. The van der Waals surface area contributed by atoms with Gasteiger partial charge in [0.1, 0.15) is 16.6 Å². The lowest BCUT2D eigenvalue weighted by atomic mass is 10.2. The number of nitrogens with zero attached hydrogens (tertiary/aromatic N) is 2. The molecule has 0 aliphatic heterocycles. The monoisotopic (exact) mass is 281 g/mol. The maximum atomic E-state index is 13.9. The molecule has 1 aromatic carbocycles. The highest BCUT2D eigenvalue weighted by Crippen LogP contribution is 2.34. The molecule has 0 aliphatic carbocycles. The molecular weight excluding hydrogens is 265 g/mol. The van der Waals surface area contributed by atoms with Crippen molar-refractivity contribution < 1.29 is 9.13 Å². The highest BCUT2D eigenvalue weighted by atomic mass is 32.1. The van der Waals surface area contributed by atoms with Crippen LogP contribution in [0.3, 0.4) is 0 Å². The smallest absolute Gasteiger partial charge is 0.154 e. The van der Waals surface area contributed by atoms with Crippen molar-refractivity contribution in [3.05, 3.63) is 29.0 Å². The fourth-order valence-electron chi connectivity index (χ4n) is 1.68. The molecule has 0 fully saturated rings. The fraction of sp³-hybridized carbons (Fsp3) is 0.385. The third-order valence-corrected chi connectivity index (χ3v) is 3.52. The predicted octanol–water partition coefficient (Wildman–Crippen LogP) is 2.85. The lowest BCUT2D eigenvalue weighted by Gasteiger charge is -2.05. The topological polar surface area (TPSA) is 47.0 Å². The van der Waals surface area contributed by atoms with E-state index in [-0.39, 0.29) is 5.82 Å². The summed E-state index contributed by atoms with van der Waals surface area (Å²) in [6, 6.07) is 4.73. The third-order valence-electron chi connectivity index (χ3n) is 2.58. The quantitative estimate of drug-likeness (QED) is 0.827. The molecule has 6 heteroatoms. The highest BCUT2D eigenvalue weighted by Gasteiger charge is 2.16. The van der Waals surface area contributed by atoms with Crippen molar-refractivity contribution in [2.45, 2.75) is 19.9 Å². The molecule has 0 spiro atoms. The molecule has 1 heterocycles. The van der Waals surface area contributed by atoms with Crippen LogP contribution in [0.25, 0.3) is 10.6 Å². The van der Waals surface area contributed by atoms with Gasteiger partial charge in [0.25, 0.3) is 0 Å². The Morgan fingerprint density at radius 1 is 1.37 bits per heavy atom. The fourth-order valence-corrected chi connectivity index (χ4v) is 2.54. The van der Waals surface area contributed by atoms with E-state index in [1.165, 1.54) is 24.5 Å². The summed E-state index contributed by atoms with van der Waals surface area (Å²) in [5.41, 5.74) is 0.379. The van der Waals surface area contributed by atoms with Gasteiger partial charge in [-0.25, -0.2) is 4.39 Å². The molecule has 1 N–H and O–H groups in total. The Morgan fingerprint density at radius 2 is 2.21 bits per heavy atom. The Hall–Kier alpha value is -1.53. The maximum absolute atomic E-state index is 13.9. The zero-order chi connectivity index (χ0) is 13.7. The van der Waals surface area contributed by atoms with E-state index in [1.54, 1.807) is 12.1 Å². The summed E-state index contributed by atoms with van der Waals surface area (Å²) in [6.45, 7) is 3.68. The molecule has 0 atom stereocenters. The van der Waals surface area contributed by atoms with E-state index in [0.29, 0.717) is 22.9 Å². The average Bonchev–Trinajstić information content (AvgIpc) is 2.87. The lowest BCUT2D eigenvalue weighted by Crippen LogP contribution is -2.13. The van der Waals surface area contributed by atoms with E-state index in [1.807, 2.05) is 0 Å². The first-order valence-corrected chi connectivity index (χ1v) is 6.94. The summed E-state index contributed by atoms with van der Waals surface area (Å²) in [5, 5.41) is 12.7. The third kappa shape index (κ3) is 3.27. The van der Waals surface area contributed by atoms with E-state index in [2.05, 4.69) is 22.4 Å². The number of ether oxygens (including phenoxy) is 1. The Bertz CT molecular complexity index is 544. The summed E-state index contributed by atoms with van der Waals surface area (Å²) in [4.78, 5) is 0. The Labute approximate surface area is 115 Å². The Morgan fingerprint density at radius 3 is 2.95 bits per heavy atom. The van der Waals surface area contributed by atoms with Gasteiger partial charge >= 0.3 is 0 Å². The second kappa shape index (κ2) is 6.58. The Balaban J connectivity index is 2.23. The number of rotatable bonds is 6. The molecule has 0 bridgehead atoms. The zero-order valence-corrected chi connectivity index (χ0v) is 11.8. The standard InChI is InChI=1S/C13H16FN3OS/c1-3-7-15-8-11-16-17-13(19-11)12-9(14)5-4-6-10(12)18-2/h4-6,15H,3,7-8H2,1-2H3. The molecule has 1 aromatic heterocycles. The number of benzene rings is 1. The van der Waals surface area contributed by atoms with Crippen LogP contribution in [0.15, 0.2) is 18.2 Å². The molecule has 102 valence electrons. The molecule has 2 aromatic rings. The molecule has 19 heavy (non-hydrogen) atoms. The van der Waals surface area contributed by atoms with Gasteiger partial charge < -0.3 is 10.1 Å². The molecule has 0 aliphatic rings. The average molecular weight is 281 g/mol. The summed E-state index contributed by atoms with van der Waals surface area (Å²) >= 11 is 1.38. The second-order valence-electron chi connectivity index (χ2n) is 3.99. The van der Waals surface area contributed by atoms with E-state index in [9.17, 15) is 4.39 Å². The van der Waals surface area contributed by atoms with Gasteiger partial charge in [0.05, 0.1) is 12.7 Å². The minimum Gasteiger partial charge on any atom is -0.496 e. The molecule has 4 nitrogen and oxygen atoms in total. The maximum Gasteiger partial charge on any atom is 0.154 e. The van der Waals surface area contributed by atoms with Crippen LogP contribution in [0.5, 0.6) is 5.75 Å². The molecule has 0 radical (unpaired) electrons. The Kier molecular flexibility index (Phi) is 4.81. The number of methoxy groups -OCH3 is 1. The first-order chi connectivity index (χ1) is 9.26. The van der Waals surface area contributed by atoms with Crippen molar-refractivity contribution >= 4 is 11.3 Å². The minimum atomic E-state index is -0.344. The van der Waals surface area contributed by atoms with Crippen LogP contribution in [0.1, 0.15) is 18.4 Å². The van der Waals surface area contributed by atoms with Crippen LogP contribution < -0.4 is 10.1 Å². The number of hydrogen-bond acceptors (Lipinski definition) is 5. The molecule has 0 unspecified atom stereocenters. The number of hydrogen-bond donors (Lipinski definition) is 1. The number of aromatic nitrogens is 2. The molecule has 0 amide bonds. The molecular formula is C13H16FN3OS. The van der Waals surface area contributed by atoms with Gasteiger partial charge in [-0.15, -0.1) is 10.2 Å². The summed E-state index contributed by atoms with van der Waals surface area (Å²) in [7, 11) is 1.52. The molecule has 2 rings (SSSR count). The van der Waals surface area contributed by atoms with Gasteiger partial charge in [-0.1, -0.05) is 24.3 Å². The van der Waals surface area contributed by atoms with Gasteiger partial charge in [0.2, 0.25) is 0 Å². The van der Waals surface area contributed by atoms with Crippen molar-refractivity contribution in [1.82, 2.24) is 15.5 Å². The summed E-state index contributed by atoms with van der Waals surface area (Å²) in [5.74, 6) is 0.132. The second-order valence-corrected chi connectivity index (χ2v) is 5.06. The van der Waals surface area contributed by atoms with Gasteiger partial charge in [-0.05, 0) is 25.1 Å². The van der Waals surface area contributed by atoms with Gasteiger partial charge in [0.15, 0.2) is 5.01 Å². The van der Waals surface area contributed by atoms with E-state index in [0.717, 1.165) is 18.0 Å². The lowest BCUT2D eigenvalue weighted by molar-refractivity contribution is 0.413. The SMILES string of the molecule is CCCNCc1nnc(-c2c(F)cccc2OC)s1. The van der Waals surface area contributed by atoms with Crippen LogP contribution in [-0.2, 0) is 6.54 Å². The van der Waals surface area contributed by atoms with Crippen LogP contribution in [0.2, 0.25) is 0 Å². The molecule has 0 saturated carbocycles. The van der Waals surface area contributed by atoms with E-state index < -0.39 is 0 Å². The van der Waals surface area contributed by atoms with E-state index >= 15 is 0 Å². The van der Waals surface area contributed by atoms with Crippen LogP contribution in [0, 0.1) is 5.82 Å². The van der Waals surface area contributed by atoms with Crippen molar-refractivity contribution in [3.8, 4) is 16.3 Å². The first-order valence-electron chi connectivity index (χ1n) is 6.12. The zero-order valence-electron chi connectivity index (χ0n) is 10.9. The van der Waals surface area contributed by atoms with Gasteiger partial charge in [0, 0.05) is 6.54 Å². The van der Waals surface area contributed by atoms with Crippen molar-refractivity contribution in [2.75, 3.05) is 13.7 Å². The predicted molar refractivity (Wildman–Crippen MR) is 73.9 cm³/mol. The number of nitrogens with one attached hydrogen (secondary N) is 1. The van der Waals surface area contributed by atoms with E-state index in [4.69, 9.17) is 4.74 Å². The first kappa shape index (κ1) is 13.9. The summed E-state index contributed by atoms with van der Waals surface area (Å²) in [6.07, 6.45) is 1.06. The van der Waals surface area contributed by atoms with Crippen molar-refractivity contribution in [1.29, 1.82) is 0 Å². The van der Waals surface area contributed by atoms with Crippen molar-refractivity contribution in [2.24, 2.45) is 0 Å². The van der Waals surface area contributed by atoms with Crippen molar-refractivity contribution in [3.63, 3.8) is 0 Å².